The maximum Gasteiger partial charge on any atom is 0.323 e. The van der Waals surface area contributed by atoms with E-state index in [9.17, 15) is 9.59 Å². The van der Waals surface area contributed by atoms with Crippen molar-refractivity contribution in [1.82, 2.24) is 20.9 Å². The van der Waals surface area contributed by atoms with Crippen molar-refractivity contribution in [2.24, 2.45) is 5.84 Å². The fourth-order valence-corrected chi connectivity index (χ4v) is 0.575. The van der Waals surface area contributed by atoms with Crippen LogP contribution in [-0.4, -0.2) is 22.0 Å². The Morgan fingerprint density at radius 2 is 2.31 bits per heavy atom. The number of hydrazine groups is 1. The van der Waals surface area contributed by atoms with E-state index in [2.05, 4.69) is 20.0 Å². The third kappa shape index (κ3) is 2.52. The van der Waals surface area contributed by atoms with Gasteiger partial charge >= 0.3 is 11.8 Å². The van der Waals surface area contributed by atoms with E-state index in [-0.39, 0.29) is 12.4 Å². The maximum atomic E-state index is 10.8. The summed E-state index contributed by atoms with van der Waals surface area (Å²) in [5.41, 5.74) is 1.68. The van der Waals surface area contributed by atoms with Gasteiger partial charge in [-0.15, -0.1) is 0 Å². The van der Waals surface area contributed by atoms with E-state index in [4.69, 9.17) is 5.84 Å². The van der Waals surface area contributed by atoms with Crippen molar-refractivity contribution in [2.45, 2.75) is 6.54 Å². The van der Waals surface area contributed by atoms with E-state index in [1.807, 2.05) is 0 Å². The lowest BCUT2D eigenvalue weighted by molar-refractivity contribution is -0.139. The molecule has 1 rings (SSSR count). The van der Waals surface area contributed by atoms with Gasteiger partial charge in [-0.25, -0.2) is 5.84 Å². The minimum atomic E-state index is -0.927. The summed E-state index contributed by atoms with van der Waals surface area (Å²) in [5.74, 6) is 3.21. The Labute approximate surface area is 72.4 Å². The van der Waals surface area contributed by atoms with Gasteiger partial charge in [0.1, 0.15) is 0 Å². The van der Waals surface area contributed by atoms with Gasteiger partial charge < -0.3 is 9.84 Å². The number of nitrogens with one attached hydrogen (secondary N) is 2. The number of hydrogen-bond acceptors (Lipinski definition) is 6. The topological polar surface area (TPSA) is 123 Å². The van der Waals surface area contributed by atoms with Gasteiger partial charge in [0.05, 0.1) is 6.54 Å². The van der Waals surface area contributed by atoms with Crippen molar-refractivity contribution in [1.29, 1.82) is 0 Å². The maximum absolute atomic E-state index is 10.8. The monoisotopic (exact) mass is 185 g/mol. The van der Waals surface area contributed by atoms with E-state index < -0.39 is 11.8 Å². The van der Waals surface area contributed by atoms with Gasteiger partial charge in [-0.3, -0.25) is 15.0 Å². The van der Waals surface area contributed by atoms with Crippen molar-refractivity contribution < 1.29 is 14.1 Å². The molecule has 0 aliphatic carbocycles. The molecule has 0 atom stereocenters. The number of hydrogen-bond donors (Lipinski definition) is 3. The van der Waals surface area contributed by atoms with Gasteiger partial charge in [-0.1, -0.05) is 5.16 Å². The molecule has 0 aliphatic heterocycles. The minimum absolute atomic E-state index is 0.0166. The Bertz CT molecular complexity index is 295. The van der Waals surface area contributed by atoms with E-state index in [0.717, 1.165) is 6.39 Å². The van der Waals surface area contributed by atoms with Gasteiger partial charge in [-0.2, -0.15) is 4.98 Å². The van der Waals surface area contributed by atoms with Gasteiger partial charge in [0.2, 0.25) is 6.39 Å². The van der Waals surface area contributed by atoms with Gasteiger partial charge in [-0.05, 0) is 0 Å². The number of carbonyl (C=O) groups is 2. The van der Waals surface area contributed by atoms with Crippen molar-refractivity contribution in [3.05, 3.63) is 12.2 Å². The summed E-state index contributed by atoms with van der Waals surface area (Å²) in [5, 5.41) is 5.63. The van der Waals surface area contributed by atoms with Crippen LogP contribution >= 0.6 is 0 Å². The molecule has 0 radical (unpaired) electrons. The van der Waals surface area contributed by atoms with Crippen LogP contribution in [0.2, 0.25) is 0 Å². The van der Waals surface area contributed by atoms with Gasteiger partial charge in [0, 0.05) is 0 Å². The molecular formula is C5H7N5O3. The molecule has 8 heteroatoms. The number of carbonyl (C=O) groups excluding carboxylic acids is 2. The van der Waals surface area contributed by atoms with Crippen LogP contribution in [0.25, 0.3) is 0 Å². The highest BCUT2D eigenvalue weighted by atomic mass is 16.5. The molecule has 0 fully saturated rings. The third-order valence-electron chi connectivity index (χ3n) is 1.15. The first-order valence-electron chi connectivity index (χ1n) is 3.28. The first-order valence-corrected chi connectivity index (χ1v) is 3.28. The number of nitrogens with zero attached hydrogens (tertiary/aromatic N) is 2. The van der Waals surface area contributed by atoms with Crippen LogP contribution in [0, 0.1) is 0 Å². The average Bonchev–Trinajstić information content (AvgIpc) is 2.65. The second-order valence-corrected chi connectivity index (χ2v) is 2.00. The van der Waals surface area contributed by atoms with Crippen molar-refractivity contribution in [3.63, 3.8) is 0 Å². The normalized spacial score (nSPS) is 9.31. The standard InChI is InChI=1S/C5H7N5O3/c6-9-5(12)4(11)7-1-3-8-2-13-10-3/h2H,1,6H2,(H,7,11)(H,9,12). The number of rotatable bonds is 2. The van der Waals surface area contributed by atoms with Crippen LogP contribution in [-0.2, 0) is 16.1 Å². The van der Waals surface area contributed by atoms with Crippen LogP contribution in [0.15, 0.2) is 10.9 Å². The summed E-state index contributed by atoms with van der Waals surface area (Å²) in [4.78, 5) is 25.0. The number of amides is 2. The second kappa shape index (κ2) is 4.16. The van der Waals surface area contributed by atoms with Gasteiger partial charge in [0.15, 0.2) is 5.82 Å². The molecule has 1 aromatic heterocycles. The van der Waals surface area contributed by atoms with Crippen molar-refractivity contribution >= 4 is 11.8 Å². The van der Waals surface area contributed by atoms with Gasteiger partial charge in [0.25, 0.3) is 0 Å². The molecule has 2 amide bonds. The Morgan fingerprint density at radius 3 is 2.85 bits per heavy atom. The molecule has 4 N–H and O–H groups in total. The zero-order valence-electron chi connectivity index (χ0n) is 6.48. The first-order chi connectivity index (χ1) is 6.24. The zero-order chi connectivity index (χ0) is 9.68. The molecule has 0 saturated heterocycles. The predicted octanol–water partition coefficient (Wildman–Crippen LogP) is -2.32. The van der Waals surface area contributed by atoms with Crippen LogP contribution in [0.5, 0.6) is 0 Å². The molecule has 0 unspecified atom stereocenters. The van der Waals surface area contributed by atoms with E-state index >= 15 is 0 Å². The quantitative estimate of drug-likeness (QED) is 0.205. The van der Waals surface area contributed by atoms with Crippen LogP contribution in [0.3, 0.4) is 0 Å². The second-order valence-electron chi connectivity index (χ2n) is 2.00. The molecule has 0 aromatic carbocycles. The zero-order valence-corrected chi connectivity index (χ0v) is 6.48. The summed E-state index contributed by atoms with van der Waals surface area (Å²) in [6.45, 7) is 0.0166. The molecule has 70 valence electrons. The summed E-state index contributed by atoms with van der Waals surface area (Å²) in [6.07, 6.45) is 1.12. The van der Waals surface area contributed by atoms with E-state index in [1.165, 1.54) is 0 Å². The summed E-state index contributed by atoms with van der Waals surface area (Å²) < 4.78 is 4.40. The molecule has 0 bridgehead atoms. The van der Waals surface area contributed by atoms with Crippen LogP contribution in [0.1, 0.15) is 5.82 Å². The lowest BCUT2D eigenvalue weighted by Crippen LogP contribution is -2.42. The highest BCUT2D eigenvalue weighted by molar-refractivity contribution is 6.34. The lowest BCUT2D eigenvalue weighted by Gasteiger charge is -1.99. The summed E-state index contributed by atoms with van der Waals surface area (Å²) >= 11 is 0. The largest absolute Gasteiger partial charge is 0.343 e. The lowest BCUT2D eigenvalue weighted by atomic mass is 10.5. The van der Waals surface area contributed by atoms with Crippen LogP contribution in [0.4, 0.5) is 0 Å². The number of aromatic nitrogens is 2. The first kappa shape index (κ1) is 9.13. The van der Waals surface area contributed by atoms with Crippen molar-refractivity contribution in [3.8, 4) is 0 Å². The summed E-state index contributed by atoms with van der Waals surface area (Å²) in [6, 6.07) is 0. The number of nitrogens with two attached hydrogens (primary N) is 1. The fraction of sp³-hybridized carbons (Fsp3) is 0.200. The Kier molecular flexibility index (Phi) is 2.92. The highest BCUT2D eigenvalue weighted by Gasteiger charge is 2.11. The summed E-state index contributed by atoms with van der Waals surface area (Å²) in [7, 11) is 0. The Hall–Kier alpha value is -1.96. The molecular weight excluding hydrogens is 178 g/mol. The molecule has 13 heavy (non-hydrogen) atoms. The Morgan fingerprint density at radius 1 is 1.54 bits per heavy atom. The Balaban J connectivity index is 2.35. The molecule has 0 aliphatic rings. The van der Waals surface area contributed by atoms with E-state index in [0.29, 0.717) is 0 Å². The average molecular weight is 185 g/mol. The minimum Gasteiger partial charge on any atom is -0.343 e. The van der Waals surface area contributed by atoms with Crippen LogP contribution < -0.4 is 16.6 Å². The fourth-order valence-electron chi connectivity index (χ4n) is 0.575. The van der Waals surface area contributed by atoms with E-state index in [1.54, 1.807) is 5.43 Å². The molecule has 1 heterocycles. The predicted molar refractivity (Wildman–Crippen MR) is 38.5 cm³/mol. The molecule has 1 aromatic rings. The molecule has 0 spiro atoms. The molecule has 0 saturated carbocycles. The smallest absolute Gasteiger partial charge is 0.323 e. The third-order valence-corrected chi connectivity index (χ3v) is 1.15. The SMILES string of the molecule is NNC(=O)C(=O)NCc1ncon1. The highest BCUT2D eigenvalue weighted by Crippen LogP contribution is 1.85. The van der Waals surface area contributed by atoms with Crippen molar-refractivity contribution in [2.75, 3.05) is 0 Å². The molecule has 8 nitrogen and oxygen atoms in total.